The van der Waals surface area contributed by atoms with Crippen molar-refractivity contribution in [1.82, 2.24) is 9.78 Å². The summed E-state index contributed by atoms with van der Waals surface area (Å²) in [6.07, 6.45) is 1.43. The molecule has 1 heterocycles. The summed E-state index contributed by atoms with van der Waals surface area (Å²) in [5.41, 5.74) is 1.68. The van der Waals surface area contributed by atoms with Gasteiger partial charge in [0.05, 0.1) is 31.9 Å². The Morgan fingerprint density at radius 2 is 1.96 bits per heavy atom. The molecule has 0 radical (unpaired) electrons. The van der Waals surface area contributed by atoms with Gasteiger partial charge in [-0.25, -0.2) is 4.68 Å². The first-order valence-electron chi connectivity index (χ1n) is 7.64. The molecule has 3 aromatic rings. The molecule has 0 saturated heterocycles. The third-order valence-corrected chi connectivity index (χ3v) is 4.16. The van der Waals surface area contributed by atoms with Crippen molar-refractivity contribution in [3.8, 4) is 5.69 Å². The minimum atomic E-state index is -0.519. The van der Waals surface area contributed by atoms with Crippen molar-refractivity contribution >= 4 is 35.8 Å². The zero-order valence-corrected chi connectivity index (χ0v) is 14.6. The van der Waals surface area contributed by atoms with E-state index in [9.17, 15) is 14.9 Å². The van der Waals surface area contributed by atoms with Gasteiger partial charge in [-0.1, -0.05) is 35.9 Å². The van der Waals surface area contributed by atoms with Gasteiger partial charge in [-0.05, 0) is 25.1 Å². The molecule has 0 fully saturated rings. The summed E-state index contributed by atoms with van der Waals surface area (Å²) in [5, 5.41) is 17.6. The van der Waals surface area contributed by atoms with Gasteiger partial charge in [-0.2, -0.15) is 0 Å². The third kappa shape index (κ3) is 3.38. The van der Waals surface area contributed by atoms with Crippen LogP contribution in [0.1, 0.15) is 5.56 Å². The molecule has 0 unspecified atom stereocenters. The lowest BCUT2D eigenvalue weighted by molar-refractivity contribution is -0.384. The van der Waals surface area contributed by atoms with Crippen molar-refractivity contribution in [2.45, 2.75) is 6.92 Å². The summed E-state index contributed by atoms with van der Waals surface area (Å²) in [6, 6.07) is 11.5. The van der Waals surface area contributed by atoms with Crippen LogP contribution in [-0.2, 0) is 0 Å². The predicted octanol–water partition coefficient (Wildman–Crippen LogP) is 2.30. The molecule has 3 rings (SSSR count). The second kappa shape index (κ2) is 6.89. The first kappa shape index (κ1) is 17.5. The number of hydrogen-bond donors (Lipinski definition) is 2. The van der Waals surface area contributed by atoms with Crippen molar-refractivity contribution in [3.63, 3.8) is 0 Å². The molecule has 1 aromatic heterocycles. The molecule has 0 aliphatic carbocycles. The highest BCUT2D eigenvalue weighted by molar-refractivity contribution is 6.33. The first-order chi connectivity index (χ1) is 12.4. The van der Waals surface area contributed by atoms with E-state index in [-0.39, 0.29) is 11.2 Å². The van der Waals surface area contributed by atoms with Crippen LogP contribution in [0.3, 0.4) is 0 Å². The maximum Gasteiger partial charge on any atom is 0.280 e. The lowest BCUT2D eigenvalue weighted by atomic mass is 10.2. The lowest BCUT2D eigenvalue weighted by Gasteiger charge is -2.03. The Labute approximate surface area is 153 Å². The van der Waals surface area contributed by atoms with Gasteiger partial charge in [-0.15, -0.1) is 0 Å². The molecular formula is C18H15ClN4O3. The Balaban J connectivity index is 2.02. The Kier molecular flexibility index (Phi) is 4.64. The number of non-ortho nitro benzene ring substituents is 1. The van der Waals surface area contributed by atoms with Crippen LogP contribution < -0.4 is 21.4 Å². The number of aromatic amines is 1. The zero-order valence-electron chi connectivity index (χ0n) is 13.8. The van der Waals surface area contributed by atoms with Crippen LogP contribution in [0.2, 0.25) is 5.02 Å². The highest BCUT2D eigenvalue weighted by atomic mass is 35.5. The van der Waals surface area contributed by atoms with Gasteiger partial charge >= 0.3 is 0 Å². The van der Waals surface area contributed by atoms with Crippen LogP contribution >= 0.6 is 11.6 Å². The van der Waals surface area contributed by atoms with E-state index in [0.717, 1.165) is 5.56 Å². The van der Waals surface area contributed by atoms with E-state index in [4.69, 9.17) is 11.6 Å². The largest absolute Gasteiger partial charge is 0.359 e. The average Bonchev–Trinajstić information content (AvgIpc) is 2.89. The Bertz CT molecular complexity index is 1150. The standard InChI is InChI=1S/C18H15ClN4O3/c1-11-3-5-13(6-4-11)22-18(24)15(12(2)21-22)10-20-17-9-14(23(25)26)7-8-16(17)19/h3-10,20-21H,2H2,1H3. The quantitative estimate of drug-likeness (QED) is 0.544. The molecule has 0 bridgehead atoms. The number of nitro benzene ring substituents is 1. The van der Waals surface area contributed by atoms with Crippen molar-refractivity contribution in [3.05, 3.63) is 84.1 Å². The second-order valence-electron chi connectivity index (χ2n) is 5.69. The molecule has 26 heavy (non-hydrogen) atoms. The molecule has 8 heteroatoms. The van der Waals surface area contributed by atoms with Gasteiger partial charge in [-0.3, -0.25) is 20.0 Å². The van der Waals surface area contributed by atoms with E-state index in [0.29, 0.717) is 27.0 Å². The highest BCUT2D eigenvalue weighted by Crippen LogP contribution is 2.26. The summed E-state index contributed by atoms with van der Waals surface area (Å²) in [4.78, 5) is 23.0. The van der Waals surface area contributed by atoms with E-state index in [1.54, 1.807) is 0 Å². The molecule has 2 aromatic carbocycles. The van der Waals surface area contributed by atoms with Crippen LogP contribution in [0.25, 0.3) is 18.5 Å². The summed E-state index contributed by atoms with van der Waals surface area (Å²) in [7, 11) is 0. The maximum atomic E-state index is 12.6. The molecule has 0 saturated carbocycles. The molecule has 0 aliphatic heterocycles. The number of hydrogen-bond acceptors (Lipinski definition) is 4. The molecule has 0 aliphatic rings. The van der Waals surface area contributed by atoms with Crippen molar-refractivity contribution in [2.24, 2.45) is 0 Å². The molecule has 2 N–H and O–H groups in total. The minimum absolute atomic E-state index is 0.105. The van der Waals surface area contributed by atoms with Crippen molar-refractivity contribution < 1.29 is 4.92 Å². The third-order valence-electron chi connectivity index (χ3n) is 3.83. The number of benzene rings is 2. The van der Waals surface area contributed by atoms with E-state index < -0.39 is 4.92 Å². The average molecular weight is 371 g/mol. The number of nitrogens with one attached hydrogen (secondary N) is 2. The summed E-state index contributed by atoms with van der Waals surface area (Å²) < 4.78 is 1.38. The number of nitrogens with zero attached hydrogens (tertiary/aromatic N) is 2. The second-order valence-corrected chi connectivity index (χ2v) is 6.10. The number of H-pyrrole nitrogens is 1. The van der Waals surface area contributed by atoms with E-state index in [2.05, 4.69) is 17.0 Å². The van der Waals surface area contributed by atoms with E-state index in [1.807, 2.05) is 31.2 Å². The highest BCUT2D eigenvalue weighted by Gasteiger charge is 2.09. The van der Waals surface area contributed by atoms with Gasteiger partial charge in [0.2, 0.25) is 0 Å². The Hall–Kier alpha value is -3.32. The van der Waals surface area contributed by atoms with Crippen molar-refractivity contribution in [2.75, 3.05) is 5.32 Å². The molecule has 7 nitrogen and oxygen atoms in total. The van der Waals surface area contributed by atoms with Crippen LogP contribution in [0.5, 0.6) is 0 Å². The summed E-state index contributed by atoms with van der Waals surface area (Å²) in [6.45, 7) is 5.80. The number of aromatic nitrogens is 2. The number of rotatable bonds is 4. The fraction of sp³-hybridized carbons (Fsp3) is 0.0556. The SMILES string of the molecule is C=c1[nH]n(-c2ccc(C)cc2)c(=O)c1=CNc1cc([N+](=O)[O-])ccc1Cl. The van der Waals surface area contributed by atoms with Crippen LogP contribution in [-0.4, -0.2) is 14.7 Å². The number of aryl methyl sites for hydroxylation is 1. The van der Waals surface area contributed by atoms with Crippen molar-refractivity contribution in [1.29, 1.82) is 0 Å². The monoisotopic (exact) mass is 370 g/mol. The lowest BCUT2D eigenvalue weighted by Crippen LogP contribution is -2.34. The minimum Gasteiger partial charge on any atom is -0.359 e. The van der Waals surface area contributed by atoms with Crippen LogP contribution in [0.15, 0.2) is 47.3 Å². The van der Waals surface area contributed by atoms with Gasteiger partial charge < -0.3 is 5.32 Å². The van der Waals surface area contributed by atoms with Gasteiger partial charge in [0.1, 0.15) is 0 Å². The topological polar surface area (TPSA) is 93.0 Å². The van der Waals surface area contributed by atoms with E-state index in [1.165, 1.54) is 29.1 Å². The molecule has 0 spiro atoms. The number of nitro groups is 1. The zero-order chi connectivity index (χ0) is 18.8. The molecule has 0 atom stereocenters. The normalized spacial score (nSPS) is 11.5. The Morgan fingerprint density at radius 1 is 1.27 bits per heavy atom. The maximum absolute atomic E-state index is 12.6. The van der Waals surface area contributed by atoms with Gasteiger partial charge in [0, 0.05) is 18.3 Å². The molecule has 132 valence electrons. The van der Waals surface area contributed by atoms with Crippen LogP contribution in [0.4, 0.5) is 11.4 Å². The summed E-state index contributed by atoms with van der Waals surface area (Å²) >= 11 is 6.05. The first-order valence-corrected chi connectivity index (χ1v) is 8.02. The van der Waals surface area contributed by atoms with Gasteiger partial charge in [0.15, 0.2) is 0 Å². The smallest absolute Gasteiger partial charge is 0.280 e. The van der Waals surface area contributed by atoms with E-state index >= 15 is 0 Å². The number of anilines is 1. The number of halogens is 1. The van der Waals surface area contributed by atoms with Gasteiger partial charge in [0.25, 0.3) is 11.2 Å². The predicted molar refractivity (Wildman–Crippen MR) is 102 cm³/mol. The Morgan fingerprint density at radius 3 is 2.62 bits per heavy atom. The molecule has 0 amide bonds. The summed E-state index contributed by atoms with van der Waals surface area (Å²) in [5.74, 6) is 0. The fourth-order valence-electron chi connectivity index (χ4n) is 2.41. The molecular weight excluding hydrogens is 356 g/mol. The van der Waals surface area contributed by atoms with Crippen LogP contribution in [0, 0.1) is 17.0 Å². The fourth-order valence-corrected chi connectivity index (χ4v) is 2.58.